The minimum atomic E-state index is -0.797. The fourth-order valence-corrected chi connectivity index (χ4v) is 2.36. The number of esters is 1. The predicted molar refractivity (Wildman–Crippen MR) is 101 cm³/mol. The van der Waals surface area contributed by atoms with E-state index in [0.717, 1.165) is 19.2 Å². The number of hydrogen-bond acceptors (Lipinski definition) is 4. The molecule has 6 nitrogen and oxygen atoms in total. The number of benzene rings is 2. The SMILES string of the molecule is COC(=O)c1cc(F)ccc1NC(=O)c1cc(NC(=O)C(C)C)ccc1Cl. The van der Waals surface area contributed by atoms with Gasteiger partial charge in [0.15, 0.2) is 0 Å². The van der Waals surface area contributed by atoms with Crippen molar-refractivity contribution in [3.05, 3.63) is 58.4 Å². The lowest BCUT2D eigenvalue weighted by molar-refractivity contribution is -0.118. The Kier molecular flexibility index (Phi) is 6.52. The maximum absolute atomic E-state index is 13.4. The van der Waals surface area contributed by atoms with E-state index in [1.165, 1.54) is 18.2 Å². The number of carbonyl (C=O) groups excluding carboxylic acids is 3. The van der Waals surface area contributed by atoms with Crippen LogP contribution in [0.25, 0.3) is 0 Å². The second-order valence-corrected chi connectivity index (χ2v) is 6.38. The molecular formula is C19H18ClFN2O4. The highest BCUT2D eigenvalue weighted by molar-refractivity contribution is 6.34. The van der Waals surface area contributed by atoms with Crippen LogP contribution in [0.2, 0.25) is 5.02 Å². The van der Waals surface area contributed by atoms with Crippen molar-refractivity contribution in [1.82, 2.24) is 0 Å². The molecule has 2 rings (SSSR count). The Morgan fingerprint density at radius 2 is 1.74 bits per heavy atom. The van der Waals surface area contributed by atoms with Gasteiger partial charge in [-0.15, -0.1) is 0 Å². The van der Waals surface area contributed by atoms with Crippen molar-refractivity contribution >= 4 is 40.8 Å². The molecule has 2 aromatic carbocycles. The molecule has 0 fully saturated rings. The molecule has 0 saturated carbocycles. The van der Waals surface area contributed by atoms with E-state index in [9.17, 15) is 18.8 Å². The minimum absolute atomic E-state index is 0.0703. The summed E-state index contributed by atoms with van der Waals surface area (Å²) in [7, 11) is 1.15. The maximum Gasteiger partial charge on any atom is 0.340 e. The van der Waals surface area contributed by atoms with Crippen molar-refractivity contribution in [3.63, 3.8) is 0 Å². The molecule has 0 radical (unpaired) electrons. The molecule has 0 bridgehead atoms. The molecule has 0 heterocycles. The first-order chi connectivity index (χ1) is 12.7. The van der Waals surface area contributed by atoms with Crippen molar-refractivity contribution in [2.75, 3.05) is 17.7 Å². The molecule has 0 aliphatic rings. The van der Waals surface area contributed by atoms with Crippen LogP contribution in [0, 0.1) is 11.7 Å². The number of hydrogen-bond donors (Lipinski definition) is 2. The highest BCUT2D eigenvalue weighted by Gasteiger charge is 2.18. The van der Waals surface area contributed by atoms with Gasteiger partial charge in [-0.3, -0.25) is 9.59 Å². The van der Waals surface area contributed by atoms with Gasteiger partial charge in [-0.05, 0) is 36.4 Å². The summed E-state index contributed by atoms with van der Waals surface area (Å²) < 4.78 is 18.0. The van der Waals surface area contributed by atoms with Crippen LogP contribution in [0.15, 0.2) is 36.4 Å². The summed E-state index contributed by atoms with van der Waals surface area (Å²) in [5, 5.41) is 5.33. The van der Waals surface area contributed by atoms with Gasteiger partial charge in [-0.2, -0.15) is 0 Å². The van der Waals surface area contributed by atoms with E-state index in [0.29, 0.717) is 5.69 Å². The molecule has 0 unspecified atom stereocenters. The van der Waals surface area contributed by atoms with Crippen molar-refractivity contribution in [1.29, 1.82) is 0 Å². The van der Waals surface area contributed by atoms with Crippen LogP contribution in [-0.4, -0.2) is 24.9 Å². The maximum atomic E-state index is 13.4. The van der Waals surface area contributed by atoms with E-state index < -0.39 is 17.7 Å². The first-order valence-corrected chi connectivity index (χ1v) is 8.40. The number of methoxy groups -OCH3 is 1. The van der Waals surface area contributed by atoms with Gasteiger partial charge < -0.3 is 15.4 Å². The van der Waals surface area contributed by atoms with Gasteiger partial charge in [0, 0.05) is 11.6 Å². The molecule has 0 aliphatic heterocycles. The van der Waals surface area contributed by atoms with Crippen LogP contribution >= 0.6 is 11.6 Å². The summed E-state index contributed by atoms with van der Waals surface area (Å²) in [6.45, 7) is 3.48. The molecule has 0 aliphatic carbocycles. The van der Waals surface area contributed by atoms with Crippen LogP contribution in [0.3, 0.4) is 0 Å². The highest BCUT2D eigenvalue weighted by Crippen LogP contribution is 2.24. The highest BCUT2D eigenvalue weighted by atomic mass is 35.5. The monoisotopic (exact) mass is 392 g/mol. The second kappa shape index (κ2) is 8.64. The Morgan fingerprint density at radius 3 is 2.37 bits per heavy atom. The van der Waals surface area contributed by atoms with Gasteiger partial charge in [-0.1, -0.05) is 25.4 Å². The number of anilines is 2. The summed E-state index contributed by atoms with van der Waals surface area (Å²) in [4.78, 5) is 36.2. The van der Waals surface area contributed by atoms with Crippen molar-refractivity contribution < 1.29 is 23.5 Å². The first-order valence-electron chi connectivity index (χ1n) is 8.02. The summed E-state index contributed by atoms with van der Waals surface area (Å²) in [5.74, 6) is -2.52. The molecule has 27 heavy (non-hydrogen) atoms. The third-order valence-corrected chi connectivity index (χ3v) is 3.97. The Morgan fingerprint density at radius 1 is 1.04 bits per heavy atom. The van der Waals surface area contributed by atoms with E-state index in [1.54, 1.807) is 19.9 Å². The van der Waals surface area contributed by atoms with Gasteiger partial charge in [0.05, 0.1) is 28.9 Å². The molecule has 2 aromatic rings. The average Bonchev–Trinajstić information content (AvgIpc) is 2.63. The van der Waals surface area contributed by atoms with Gasteiger partial charge >= 0.3 is 5.97 Å². The van der Waals surface area contributed by atoms with Crippen LogP contribution in [0.4, 0.5) is 15.8 Å². The van der Waals surface area contributed by atoms with E-state index in [-0.39, 0.29) is 33.7 Å². The fourth-order valence-electron chi connectivity index (χ4n) is 2.16. The number of carbonyl (C=O) groups is 3. The van der Waals surface area contributed by atoms with Crippen molar-refractivity contribution in [2.24, 2.45) is 5.92 Å². The van der Waals surface area contributed by atoms with Crippen LogP contribution in [-0.2, 0) is 9.53 Å². The molecule has 0 saturated heterocycles. The van der Waals surface area contributed by atoms with Gasteiger partial charge in [0.25, 0.3) is 5.91 Å². The number of nitrogens with one attached hydrogen (secondary N) is 2. The Balaban J connectivity index is 2.31. The second-order valence-electron chi connectivity index (χ2n) is 5.97. The summed E-state index contributed by atoms with van der Waals surface area (Å²) in [6.07, 6.45) is 0. The largest absolute Gasteiger partial charge is 0.465 e. The van der Waals surface area contributed by atoms with Gasteiger partial charge in [0.1, 0.15) is 5.82 Å². The molecule has 8 heteroatoms. The van der Waals surface area contributed by atoms with Crippen molar-refractivity contribution in [3.8, 4) is 0 Å². The zero-order valence-electron chi connectivity index (χ0n) is 14.9. The molecule has 0 spiro atoms. The zero-order valence-corrected chi connectivity index (χ0v) is 15.7. The van der Waals surface area contributed by atoms with E-state index >= 15 is 0 Å². The molecular weight excluding hydrogens is 375 g/mol. The van der Waals surface area contributed by atoms with Gasteiger partial charge in [-0.25, -0.2) is 9.18 Å². The Labute approximate surface area is 160 Å². The standard InChI is InChI=1S/C19H18ClFN2O4/c1-10(2)17(24)22-12-5-6-15(20)13(9-12)18(25)23-16-7-4-11(21)8-14(16)19(26)27-3/h4-10H,1-3H3,(H,22,24)(H,23,25). The lowest BCUT2D eigenvalue weighted by Crippen LogP contribution is -2.19. The molecule has 0 aromatic heterocycles. The average molecular weight is 393 g/mol. The quantitative estimate of drug-likeness (QED) is 0.750. The summed E-state index contributed by atoms with van der Waals surface area (Å²) in [6, 6.07) is 7.76. The van der Waals surface area contributed by atoms with Crippen LogP contribution in [0.1, 0.15) is 34.6 Å². The third-order valence-electron chi connectivity index (χ3n) is 3.64. The smallest absolute Gasteiger partial charge is 0.340 e. The number of ether oxygens (including phenoxy) is 1. The molecule has 2 N–H and O–H groups in total. The van der Waals surface area contributed by atoms with E-state index in [4.69, 9.17) is 11.6 Å². The number of amides is 2. The molecule has 142 valence electrons. The summed E-state index contributed by atoms with van der Waals surface area (Å²) >= 11 is 6.09. The number of rotatable bonds is 5. The topological polar surface area (TPSA) is 84.5 Å². The van der Waals surface area contributed by atoms with Crippen LogP contribution in [0.5, 0.6) is 0 Å². The first kappa shape index (κ1) is 20.4. The zero-order chi connectivity index (χ0) is 20.1. The summed E-state index contributed by atoms with van der Waals surface area (Å²) in [5.41, 5.74) is 0.418. The number of halogens is 2. The fraction of sp³-hybridized carbons (Fsp3) is 0.211. The lowest BCUT2D eigenvalue weighted by Gasteiger charge is -2.13. The lowest BCUT2D eigenvalue weighted by atomic mass is 10.1. The normalized spacial score (nSPS) is 10.4. The minimum Gasteiger partial charge on any atom is -0.465 e. The Hall–Kier alpha value is -2.93. The van der Waals surface area contributed by atoms with Crippen molar-refractivity contribution in [2.45, 2.75) is 13.8 Å². The predicted octanol–water partition coefficient (Wildman–Crippen LogP) is 4.11. The van der Waals surface area contributed by atoms with E-state index in [1.807, 2.05) is 0 Å². The molecule has 2 amide bonds. The van der Waals surface area contributed by atoms with Crippen LogP contribution < -0.4 is 10.6 Å². The third kappa shape index (κ3) is 5.04. The van der Waals surface area contributed by atoms with Gasteiger partial charge in [0.2, 0.25) is 5.91 Å². The Bertz CT molecular complexity index is 899. The van der Waals surface area contributed by atoms with E-state index in [2.05, 4.69) is 15.4 Å². The molecule has 0 atom stereocenters.